The molecule has 0 amide bonds. The Labute approximate surface area is 94.8 Å². The predicted molar refractivity (Wildman–Crippen MR) is 65.2 cm³/mol. The molecule has 0 aliphatic heterocycles. The summed E-state index contributed by atoms with van der Waals surface area (Å²) in [6, 6.07) is 10.0. The van der Waals surface area contributed by atoms with E-state index >= 15 is 0 Å². The number of rotatable bonds is 3. The van der Waals surface area contributed by atoms with Crippen LogP contribution in [-0.2, 0) is 0 Å². The Morgan fingerprint density at radius 1 is 1.47 bits per heavy atom. The van der Waals surface area contributed by atoms with Gasteiger partial charge in [0.25, 0.3) is 0 Å². The first-order chi connectivity index (χ1) is 7.24. The number of benzene rings is 1. The molecule has 0 radical (unpaired) electrons. The Morgan fingerprint density at radius 3 is 2.67 bits per heavy atom. The second-order valence-electron chi connectivity index (χ2n) is 3.06. The van der Waals surface area contributed by atoms with Gasteiger partial charge in [-0.3, -0.25) is 0 Å². The molecule has 0 aliphatic carbocycles. The van der Waals surface area contributed by atoms with Crippen LogP contribution < -0.4 is 5.73 Å². The smallest absolute Gasteiger partial charge is 0.0968 e. The molecule has 2 nitrogen and oxygen atoms in total. The van der Waals surface area contributed by atoms with Gasteiger partial charge in [0.05, 0.1) is 17.3 Å². The molecule has 0 aliphatic rings. The maximum Gasteiger partial charge on any atom is 0.0968 e. The number of nitrogens with two attached hydrogens (primary N) is 1. The number of nitriles is 1. The zero-order valence-corrected chi connectivity index (χ0v) is 9.77. The summed E-state index contributed by atoms with van der Waals surface area (Å²) in [5.74, 6) is 0. The average Bonchev–Trinajstić information content (AvgIpc) is 2.30. The molecule has 1 aromatic carbocycles. The largest absolute Gasteiger partial charge is 0.397 e. The minimum Gasteiger partial charge on any atom is -0.397 e. The molecule has 0 heterocycles. The molecule has 0 atom stereocenters. The van der Waals surface area contributed by atoms with Crippen LogP contribution in [0.3, 0.4) is 0 Å². The lowest BCUT2D eigenvalue weighted by Crippen LogP contribution is -2.01. The Kier molecular flexibility index (Phi) is 4.26. The van der Waals surface area contributed by atoms with Crippen molar-refractivity contribution < 1.29 is 0 Å². The van der Waals surface area contributed by atoms with Gasteiger partial charge in [-0.1, -0.05) is 25.1 Å². The zero-order chi connectivity index (χ0) is 11.3. The number of hydrogen-bond donors (Lipinski definition) is 1. The highest BCUT2D eigenvalue weighted by molar-refractivity contribution is 7.98. The highest BCUT2D eigenvalue weighted by Gasteiger charge is 2.07. The first kappa shape index (κ1) is 11.7. The molecular weight excluding hydrogens is 204 g/mol. The Morgan fingerprint density at radius 2 is 2.13 bits per heavy atom. The molecular formula is C12H14N2S. The van der Waals surface area contributed by atoms with Crippen molar-refractivity contribution in [3.8, 4) is 6.07 Å². The zero-order valence-electron chi connectivity index (χ0n) is 8.95. The van der Waals surface area contributed by atoms with Crippen molar-refractivity contribution in [1.29, 1.82) is 5.26 Å². The quantitative estimate of drug-likeness (QED) is 0.626. The van der Waals surface area contributed by atoms with E-state index in [1.54, 1.807) is 11.8 Å². The van der Waals surface area contributed by atoms with Gasteiger partial charge < -0.3 is 5.73 Å². The Hall–Kier alpha value is -1.40. The summed E-state index contributed by atoms with van der Waals surface area (Å²) in [5, 5.41) is 8.93. The monoisotopic (exact) mass is 218 g/mol. The molecule has 0 saturated carbocycles. The van der Waals surface area contributed by atoms with Crippen LogP contribution in [0.25, 0.3) is 5.70 Å². The van der Waals surface area contributed by atoms with Gasteiger partial charge in [-0.25, -0.2) is 0 Å². The summed E-state index contributed by atoms with van der Waals surface area (Å²) >= 11 is 1.64. The van der Waals surface area contributed by atoms with Crippen LogP contribution in [0, 0.1) is 11.3 Å². The lowest BCUT2D eigenvalue weighted by molar-refractivity contribution is 1.14. The van der Waals surface area contributed by atoms with Crippen molar-refractivity contribution in [2.24, 2.45) is 5.73 Å². The third kappa shape index (κ3) is 2.54. The second kappa shape index (κ2) is 5.47. The van der Waals surface area contributed by atoms with Crippen LogP contribution in [0.4, 0.5) is 0 Å². The van der Waals surface area contributed by atoms with E-state index in [9.17, 15) is 0 Å². The number of allylic oxidation sites excluding steroid dienone is 1. The van der Waals surface area contributed by atoms with Crippen LogP contribution >= 0.6 is 11.8 Å². The maximum atomic E-state index is 8.93. The highest BCUT2D eigenvalue weighted by atomic mass is 32.2. The van der Waals surface area contributed by atoms with Gasteiger partial charge in [-0.15, -0.1) is 11.8 Å². The van der Waals surface area contributed by atoms with Crippen molar-refractivity contribution in [3.05, 3.63) is 35.4 Å². The summed E-state index contributed by atoms with van der Waals surface area (Å²) in [4.78, 5) is 1.11. The average molecular weight is 218 g/mol. The van der Waals surface area contributed by atoms with Crippen molar-refractivity contribution in [1.82, 2.24) is 0 Å². The molecule has 1 aromatic rings. The highest BCUT2D eigenvalue weighted by Crippen LogP contribution is 2.26. The van der Waals surface area contributed by atoms with Gasteiger partial charge in [0.2, 0.25) is 0 Å². The van der Waals surface area contributed by atoms with Crippen molar-refractivity contribution >= 4 is 17.5 Å². The predicted octanol–water partition coefficient (Wildman–Crippen LogP) is 3.01. The van der Waals surface area contributed by atoms with Crippen LogP contribution in [0.2, 0.25) is 0 Å². The molecule has 3 heteroatoms. The van der Waals surface area contributed by atoms with Gasteiger partial charge in [0.1, 0.15) is 0 Å². The Bertz CT molecular complexity index is 416. The van der Waals surface area contributed by atoms with Gasteiger partial charge in [-0.2, -0.15) is 5.26 Å². The van der Waals surface area contributed by atoms with Crippen molar-refractivity contribution in [2.75, 3.05) is 6.26 Å². The second-order valence-corrected chi connectivity index (χ2v) is 3.91. The molecule has 2 N–H and O–H groups in total. The van der Waals surface area contributed by atoms with Gasteiger partial charge in [-0.05, 0) is 18.7 Å². The summed E-state index contributed by atoms with van der Waals surface area (Å²) in [6.07, 6.45) is 2.68. The minimum absolute atomic E-state index is 0.602. The van der Waals surface area contributed by atoms with Crippen molar-refractivity contribution in [2.45, 2.75) is 18.2 Å². The van der Waals surface area contributed by atoms with E-state index in [1.165, 1.54) is 0 Å². The summed E-state index contributed by atoms with van der Waals surface area (Å²) in [7, 11) is 0. The number of nitrogens with zero attached hydrogens (tertiary/aromatic N) is 1. The molecule has 0 spiro atoms. The lowest BCUT2D eigenvalue weighted by atomic mass is 10.1. The fraction of sp³-hybridized carbons (Fsp3) is 0.250. The fourth-order valence-corrected chi connectivity index (χ4v) is 1.97. The number of hydrogen-bond acceptors (Lipinski definition) is 3. The van der Waals surface area contributed by atoms with Gasteiger partial charge in [0, 0.05) is 10.5 Å². The molecule has 0 bridgehead atoms. The molecule has 0 aromatic heterocycles. The minimum atomic E-state index is 0.602. The van der Waals surface area contributed by atoms with E-state index in [0.29, 0.717) is 17.7 Å². The molecule has 0 unspecified atom stereocenters. The Balaban J connectivity index is 3.28. The van der Waals surface area contributed by atoms with Gasteiger partial charge >= 0.3 is 0 Å². The lowest BCUT2D eigenvalue weighted by Gasteiger charge is -2.08. The third-order valence-corrected chi connectivity index (χ3v) is 3.01. The maximum absolute atomic E-state index is 8.93. The van der Waals surface area contributed by atoms with E-state index < -0.39 is 0 Å². The molecule has 78 valence electrons. The van der Waals surface area contributed by atoms with Crippen LogP contribution in [0.5, 0.6) is 0 Å². The summed E-state index contributed by atoms with van der Waals surface area (Å²) in [6.45, 7) is 1.94. The first-order valence-corrected chi connectivity index (χ1v) is 5.99. The van der Waals surface area contributed by atoms with E-state index in [2.05, 4.69) is 6.07 Å². The molecule has 0 fully saturated rings. The molecule has 15 heavy (non-hydrogen) atoms. The molecule has 0 saturated heterocycles. The van der Waals surface area contributed by atoms with Crippen molar-refractivity contribution in [3.63, 3.8) is 0 Å². The van der Waals surface area contributed by atoms with Crippen LogP contribution in [-0.4, -0.2) is 6.26 Å². The molecule has 1 rings (SSSR count). The van der Waals surface area contributed by atoms with Crippen LogP contribution in [0.1, 0.15) is 18.9 Å². The topological polar surface area (TPSA) is 49.8 Å². The fourth-order valence-electron chi connectivity index (χ4n) is 1.36. The first-order valence-electron chi connectivity index (χ1n) is 4.76. The van der Waals surface area contributed by atoms with E-state index in [1.807, 2.05) is 37.4 Å². The third-order valence-electron chi connectivity index (χ3n) is 2.21. The standard InChI is InChI=1S/C12H14N2S/c1-3-9(8-13)12(14)10-6-4-5-7-11(10)15-2/h4-7H,3,14H2,1-2H3/b12-9-. The van der Waals surface area contributed by atoms with E-state index in [0.717, 1.165) is 10.5 Å². The summed E-state index contributed by atoms with van der Waals surface area (Å²) in [5.41, 5.74) is 8.19. The summed E-state index contributed by atoms with van der Waals surface area (Å²) < 4.78 is 0. The van der Waals surface area contributed by atoms with E-state index in [-0.39, 0.29) is 0 Å². The van der Waals surface area contributed by atoms with Crippen LogP contribution in [0.15, 0.2) is 34.7 Å². The number of thioether (sulfide) groups is 1. The van der Waals surface area contributed by atoms with Gasteiger partial charge in [0.15, 0.2) is 0 Å². The van der Waals surface area contributed by atoms with E-state index in [4.69, 9.17) is 11.0 Å². The normalized spacial score (nSPS) is 11.8. The SMILES string of the molecule is CC/C(C#N)=C(/N)c1ccccc1SC.